The SMILES string of the molecule is CCCN(CCC)c1ccncc1Br. The Morgan fingerprint density at radius 3 is 2.43 bits per heavy atom. The number of hydrogen-bond donors (Lipinski definition) is 0. The lowest BCUT2D eigenvalue weighted by atomic mass is 10.3. The Bertz CT molecular complexity index is 270. The predicted octanol–water partition coefficient (Wildman–Crippen LogP) is 3.47. The number of halogens is 1. The van der Waals surface area contributed by atoms with Crippen LogP contribution in [0.3, 0.4) is 0 Å². The molecule has 0 aromatic carbocycles. The molecular formula is C11H17BrN2. The van der Waals surface area contributed by atoms with Crippen molar-refractivity contribution in [1.29, 1.82) is 0 Å². The molecule has 0 aliphatic carbocycles. The maximum absolute atomic E-state index is 4.07. The molecule has 0 radical (unpaired) electrons. The zero-order valence-electron chi connectivity index (χ0n) is 8.83. The summed E-state index contributed by atoms with van der Waals surface area (Å²) < 4.78 is 1.09. The van der Waals surface area contributed by atoms with Crippen molar-refractivity contribution in [3.05, 3.63) is 22.9 Å². The maximum Gasteiger partial charge on any atom is 0.0592 e. The van der Waals surface area contributed by atoms with Gasteiger partial charge in [0.2, 0.25) is 0 Å². The molecule has 0 saturated heterocycles. The standard InChI is InChI=1S/C11H17BrN2/c1-3-7-14(8-4-2)11-5-6-13-9-10(11)12/h5-6,9H,3-4,7-8H2,1-2H3. The first-order valence-electron chi connectivity index (χ1n) is 5.14. The summed E-state index contributed by atoms with van der Waals surface area (Å²) >= 11 is 3.53. The van der Waals surface area contributed by atoms with Crippen LogP contribution in [0, 0.1) is 0 Å². The third-order valence-corrected chi connectivity index (χ3v) is 2.69. The van der Waals surface area contributed by atoms with Crippen LogP contribution in [0.4, 0.5) is 5.69 Å². The van der Waals surface area contributed by atoms with E-state index in [0.717, 1.165) is 17.6 Å². The van der Waals surface area contributed by atoms with Gasteiger partial charge in [0.25, 0.3) is 0 Å². The second kappa shape index (κ2) is 6.02. The number of anilines is 1. The van der Waals surface area contributed by atoms with E-state index in [-0.39, 0.29) is 0 Å². The van der Waals surface area contributed by atoms with Crippen molar-refractivity contribution in [2.45, 2.75) is 26.7 Å². The van der Waals surface area contributed by atoms with Crippen LogP contribution in [-0.4, -0.2) is 18.1 Å². The first-order valence-corrected chi connectivity index (χ1v) is 5.93. The largest absolute Gasteiger partial charge is 0.371 e. The van der Waals surface area contributed by atoms with Gasteiger partial charge in [0, 0.05) is 25.5 Å². The number of aromatic nitrogens is 1. The second-order valence-electron chi connectivity index (χ2n) is 3.31. The van der Waals surface area contributed by atoms with Gasteiger partial charge in [-0.1, -0.05) is 13.8 Å². The van der Waals surface area contributed by atoms with Gasteiger partial charge in [-0.3, -0.25) is 4.98 Å². The molecule has 0 atom stereocenters. The number of hydrogen-bond acceptors (Lipinski definition) is 2. The lowest BCUT2D eigenvalue weighted by Crippen LogP contribution is -2.25. The van der Waals surface area contributed by atoms with Crippen molar-refractivity contribution in [3.63, 3.8) is 0 Å². The van der Waals surface area contributed by atoms with Gasteiger partial charge in [0.1, 0.15) is 0 Å². The fourth-order valence-electron chi connectivity index (χ4n) is 1.52. The second-order valence-corrected chi connectivity index (χ2v) is 4.17. The molecule has 78 valence electrons. The monoisotopic (exact) mass is 256 g/mol. The van der Waals surface area contributed by atoms with Crippen LogP contribution in [0.5, 0.6) is 0 Å². The Balaban J connectivity index is 2.81. The van der Waals surface area contributed by atoms with E-state index in [2.05, 4.69) is 45.7 Å². The van der Waals surface area contributed by atoms with Gasteiger partial charge in [-0.2, -0.15) is 0 Å². The topological polar surface area (TPSA) is 16.1 Å². The molecular weight excluding hydrogens is 240 g/mol. The van der Waals surface area contributed by atoms with Crippen LogP contribution in [0.15, 0.2) is 22.9 Å². The number of pyridine rings is 1. The van der Waals surface area contributed by atoms with Crippen LogP contribution in [-0.2, 0) is 0 Å². The van der Waals surface area contributed by atoms with Crippen molar-refractivity contribution in [1.82, 2.24) is 4.98 Å². The fourth-order valence-corrected chi connectivity index (χ4v) is 2.02. The van der Waals surface area contributed by atoms with E-state index in [1.54, 1.807) is 0 Å². The Hall–Kier alpha value is -0.570. The summed E-state index contributed by atoms with van der Waals surface area (Å²) in [4.78, 5) is 6.47. The van der Waals surface area contributed by atoms with Crippen molar-refractivity contribution < 1.29 is 0 Å². The van der Waals surface area contributed by atoms with Crippen LogP contribution in [0.1, 0.15) is 26.7 Å². The quantitative estimate of drug-likeness (QED) is 0.802. The molecule has 0 aliphatic heterocycles. The van der Waals surface area contributed by atoms with E-state index in [1.165, 1.54) is 18.5 Å². The van der Waals surface area contributed by atoms with Crippen LogP contribution in [0.2, 0.25) is 0 Å². The molecule has 1 aromatic heterocycles. The summed E-state index contributed by atoms with van der Waals surface area (Å²) in [5.41, 5.74) is 1.25. The van der Waals surface area contributed by atoms with Crippen LogP contribution < -0.4 is 4.90 Å². The molecule has 2 nitrogen and oxygen atoms in total. The minimum absolute atomic E-state index is 1.09. The van der Waals surface area contributed by atoms with Gasteiger partial charge in [0.15, 0.2) is 0 Å². The normalized spacial score (nSPS) is 10.2. The van der Waals surface area contributed by atoms with E-state index >= 15 is 0 Å². The van der Waals surface area contributed by atoms with E-state index in [0.29, 0.717) is 0 Å². The van der Waals surface area contributed by atoms with Gasteiger partial charge in [-0.25, -0.2) is 0 Å². The summed E-state index contributed by atoms with van der Waals surface area (Å²) in [6, 6.07) is 2.06. The summed E-state index contributed by atoms with van der Waals surface area (Å²) in [7, 11) is 0. The molecule has 0 amide bonds. The number of nitrogens with zero attached hydrogens (tertiary/aromatic N) is 2. The predicted molar refractivity (Wildman–Crippen MR) is 64.7 cm³/mol. The summed E-state index contributed by atoms with van der Waals surface area (Å²) in [6.07, 6.45) is 6.05. The first kappa shape index (κ1) is 11.5. The van der Waals surface area contributed by atoms with Crippen molar-refractivity contribution in [2.24, 2.45) is 0 Å². The van der Waals surface area contributed by atoms with Crippen LogP contribution in [0.25, 0.3) is 0 Å². The molecule has 1 aromatic rings. The van der Waals surface area contributed by atoms with Crippen LogP contribution >= 0.6 is 15.9 Å². The molecule has 3 heteroatoms. The third-order valence-electron chi connectivity index (χ3n) is 2.08. The van der Waals surface area contributed by atoms with Gasteiger partial charge in [-0.15, -0.1) is 0 Å². The highest BCUT2D eigenvalue weighted by Crippen LogP contribution is 2.24. The summed E-state index contributed by atoms with van der Waals surface area (Å²) in [6.45, 7) is 6.63. The van der Waals surface area contributed by atoms with Gasteiger partial charge in [-0.05, 0) is 34.8 Å². The van der Waals surface area contributed by atoms with E-state index in [4.69, 9.17) is 0 Å². The highest BCUT2D eigenvalue weighted by Gasteiger charge is 2.07. The zero-order chi connectivity index (χ0) is 10.4. The fraction of sp³-hybridized carbons (Fsp3) is 0.545. The molecule has 0 fully saturated rings. The summed E-state index contributed by atoms with van der Waals surface area (Å²) in [5.74, 6) is 0. The van der Waals surface area contributed by atoms with Gasteiger partial charge in [0.05, 0.1) is 10.2 Å². The van der Waals surface area contributed by atoms with Crippen molar-refractivity contribution >= 4 is 21.6 Å². The van der Waals surface area contributed by atoms with Crippen molar-refractivity contribution in [2.75, 3.05) is 18.0 Å². The molecule has 0 spiro atoms. The highest BCUT2D eigenvalue weighted by atomic mass is 79.9. The Kier molecular flexibility index (Phi) is 4.94. The molecule has 1 heterocycles. The molecule has 1 rings (SSSR count). The first-order chi connectivity index (χ1) is 6.79. The minimum atomic E-state index is 1.09. The lowest BCUT2D eigenvalue weighted by molar-refractivity contribution is 0.743. The molecule has 0 saturated carbocycles. The lowest BCUT2D eigenvalue weighted by Gasteiger charge is -2.24. The maximum atomic E-state index is 4.07. The summed E-state index contributed by atoms with van der Waals surface area (Å²) in [5, 5.41) is 0. The Morgan fingerprint density at radius 1 is 1.29 bits per heavy atom. The number of rotatable bonds is 5. The molecule has 0 bridgehead atoms. The smallest absolute Gasteiger partial charge is 0.0592 e. The zero-order valence-corrected chi connectivity index (χ0v) is 10.4. The van der Waals surface area contributed by atoms with E-state index in [9.17, 15) is 0 Å². The molecule has 0 aliphatic rings. The van der Waals surface area contributed by atoms with E-state index < -0.39 is 0 Å². The third kappa shape index (κ3) is 2.98. The average Bonchev–Trinajstić information content (AvgIpc) is 2.18. The molecule has 0 N–H and O–H groups in total. The average molecular weight is 257 g/mol. The van der Waals surface area contributed by atoms with Gasteiger partial charge < -0.3 is 4.90 Å². The molecule has 0 unspecified atom stereocenters. The Labute approximate surface area is 94.5 Å². The van der Waals surface area contributed by atoms with Gasteiger partial charge >= 0.3 is 0 Å². The highest BCUT2D eigenvalue weighted by molar-refractivity contribution is 9.10. The minimum Gasteiger partial charge on any atom is -0.371 e. The van der Waals surface area contributed by atoms with E-state index in [1.807, 2.05) is 12.4 Å². The Morgan fingerprint density at radius 2 is 1.93 bits per heavy atom. The molecule has 14 heavy (non-hydrogen) atoms. The van der Waals surface area contributed by atoms with Crippen molar-refractivity contribution in [3.8, 4) is 0 Å².